The monoisotopic (exact) mass is 298 g/mol. The van der Waals surface area contributed by atoms with E-state index in [0.29, 0.717) is 19.1 Å². The Bertz CT molecular complexity index is 242. The van der Waals surface area contributed by atoms with Crippen LogP contribution in [0.5, 0.6) is 0 Å². The first-order chi connectivity index (χ1) is 8.99. The van der Waals surface area contributed by atoms with Gasteiger partial charge in [-0.15, -0.1) is 0 Å². The topological polar surface area (TPSA) is 85.2 Å². The second-order valence-electron chi connectivity index (χ2n) is 4.43. The first-order valence-corrected chi connectivity index (χ1v) is 8.38. The van der Waals surface area contributed by atoms with Crippen LogP contribution < -0.4 is 0 Å². The van der Waals surface area contributed by atoms with E-state index in [1.54, 1.807) is 0 Å². The second-order valence-corrected chi connectivity index (χ2v) is 5.67. The molecule has 0 amide bonds. The average molecular weight is 298 g/mol. The van der Waals surface area contributed by atoms with E-state index in [4.69, 9.17) is 19.3 Å². The lowest BCUT2D eigenvalue weighted by Crippen LogP contribution is -2.13. The predicted molar refractivity (Wildman–Crippen MR) is 72.9 cm³/mol. The third kappa shape index (κ3) is 14.3. The Morgan fingerprint density at radius 3 is 2.26 bits per heavy atom. The standard InChI is InChI=1S/C12H27O6P/c1-3-5-6-12(4-2)11-17-8-7-16-9-10-18-19(13,14)15/h12H,3-11H2,1-2H3,(H2,13,14,15). The Morgan fingerprint density at radius 2 is 1.68 bits per heavy atom. The van der Waals surface area contributed by atoms with Crippen LogP contribution in [-0.2, 0) is 18.6 Å². The van der Waals surface area contributed by atoms with Gasteiger partial charge in [0.25, 0.3) is 0 Å². The van der Waals surface area contributed by atoms with Crippen molar-refractivity contribution >= 4 is 7.82 Å². The third-order valence-corrected chi connectivity index (χ3v) is 3.27. The minimum atomic E-state index is -4.37. The van der Waals surface area contributed by atoms with Crippen LogP contribution in [0.25, 0.3) is 0 Å². The first-order valence-electron chi connectivity index (χ1n) is 6.85. The zero-order valence-corrected chi connectivity index (χ0v) is 12.8. The Balaban J connectivity index is 3.32. The molecule has 0 saturated carbocycles. The van der Waals surface area contributed by atoms with Gasteiger partial charge < -0.3 is 19.3 Å². The van der Waals surface area contributed by atoms with Crippen LogP contribution in [0.3, 0.4) is 0 Å². The summed E-state index contributed by atoms with van der Waals surface area (Å²) in [5.41, 5.74) is 0. The van der Waals surface area contributed by atoms with Crippen molar-refractivity contribution in [1.29, 1.82) is 0 Å². The fourth-order valence-electron chi connectivity index (χ4n) is 1.58. The molecule has 0 aliphatic rings. The van der Waals surface area contributed by atoms with E-state index in [2.05, 4.69) is 18.4 Å². The summed E-state index contributed by atoms with van der Waals surface area (Å²) in [5.74, 6) is 0.609. The van der Waals surface area contributed by atoms with Gasteiger partial charge in [0.1, 0.15) is 0 Å². The molecule has 6 nitrogen and oxygen atoms in total. The smallest absolute Gasteiger partial charge is 0.379 e. The summed E-state index contributed by atoms with van der Waals surface area (Å²) in [6, 6.07) is 0. The van der Waals surface area contributed by atoms with Gasteiger partial charge in [0.05, 0.1) is 26.4 Å². The number of phosphoric acid groups is 1. The van der Waals surface area contributed by atoms with Gasteiger partial charge in [0.2, 0.25) is 0 Å². The molecule has 116 valence electrons. The molecule has 0 aliphatic carbocycles. The van der Waals surface area contributed by atoms with E-state index in [1.165, 1.54) is 19.3 Å². The van der Waals surface area contributed by atoms with Crippen molar-refractivity contribution in [3.8, 4) is 0 Å². The van der Waals surface area contributed by atoms with Gasteiger partial charge in [-0.1, -0.05) is 33.1 Å². The van der Waals surface area contributed by atoms with Gasteiger partial charge >= 0.3 is 7.82 Å². The molecular formula is C12H27O6P. The summed E-state index contributed by atoms with van der Waals surface area (Å²) in [5, 5.41) is 0. The number of rotatable bonds is 13. The summed E-state index contributed by atoms with van der Waals surface area (Å²) in [6.07, 6.45) is 4.76. The predicted octanol–water partition coefficient (Wildman–Crippen LogP) is 2.35. The summed E-state index contributed by atoms with van der Waals surface area (Å²) in [4.78, 5) is 16.9. The molecule has 0 aliphatic heterocycles. The number of hydrogen-bond acceptors (Lipinski definition) is 4. The van der Waals surface area contributed by atoms with E-state index in [-0.39, 0.29) is 13.2 Å². The van der Waals surface area contributed by atoms with Gasteiger partial charge in [0, 0.05) is 6.61 Å². The van der Waals surface area contributed by atoms with Crippen molar-refractivity contribution in [2.24, 2.45) is 5.92 Å². The number of phosphoric ester groups is 1. The lowest BCUT2D eigenvalue weighted by Gasteiger charge is -2.14. The molecule has 0 bridgehead atoms. The van der Waals surface area contributed by atoms with Gasteiger partial charge in [-0.05, 0) is 12.3 Å². The van der Waals surface area contributed by atoms with Crippen LogP contribution in [-0.4, -0.2) is 42.8 Å². The zero-order chi connectivity index (χ0) is 14.6. The van der Waals surface area contributed by atoms with E-state index in [0.717, 1.165) is 13.0 Å². The largest absolute Gasteiger partial charge is 0.469 e. The summed E-state index contributed by atoms with van der Waals surface area (Å²) in [7, 11) is -4.37. The Kier molecular flexibility index (Phi) is 11.8. The Morgan fingerprint density at radius 1 is 1.05 bits per heavy atom. The SMILES string of the molecule is CCCCC(CC)COCCOCCOP(=O)(O)O. The number of ether oxygens (including phenoxy) is 2. The maximum Gasteiger partial charge on any atom is 0.469 e. The van der Waals surface area contributed by atoms with Crippen LogP contribution in [0, 0.1) is 5.92 Å². The average Bonchev–Trinajstić information content (AvgIpc) is 2.35. The first kappa shape index (κ1) is 19.0. The van der Waals surface area contributed by atoms with Crippen molar-refractivity contribution < 1.29 is 28.3 Å². The molecule has 7 heteroatoms. The van der Waals surface area contributed by atoms with Gasteiger partial charge in [-0.25, -0.2) is 4.57 Å². The van der Waals surface area contributed by atoms with Gasteiger partial charge in [-0.3, -0.25) is 4.52 Å². The Labute approximate surface area is 115 Å². The molecule has 0 spiro atoms. The quantitative estimate of drug-likeness (QED) is 0.401. The fourth-order valence-corrected chi connectivity index (χ4v) is 1.90. The molecule has 0 radical (unpaired) electrons. The molecule has 0 aromatic carbocycles. The second kappa shape index (κ2) is 11.8. The molecular weight excluding hydrogens is 271 g/mol. The molecule has 2 N–H and O–H groups in total. The number of hydrogen-bond donors (Lipinski definition) is 2. The molecule has 0 aromatic rings. The molecule has 0 fully saturated rings. The van der Waals surface area contributed by atoms with Crippen LogP contribution in [0.15, 0.2) is 0 Å². The van der Waals surface area contributed by atoms with Crippen LogP contribution in [0.1, 0.15) is 39.5 Å². The van der Waals surface area contributed by atoms with Crippen molar-refractivity contribution in [2.45, 2.75) is 39.5 Å². The molecule has 0 aromatic heterocycles. The van der Waals surface area contributed by atoms with Crippen LogP contribution in [0.2, 0.25) is 0 Å². The zero-order valence-electron chi connectivity index (χ0n) is 11.9. The molecule has 0 heterocycles. The summed E-state index contributed by atoms with van der Waals surface area (Å²) < 4.78 is 25.2. The summed E-state index contributed by atoms with van der Waals surface area (Å²) >= 11 is 0. The lowest BCUT2D eigenvalue weighted by atomic mass is 10.0. The molecule has 19 heavy (non-hydrogen) atoms. The highest BCUT2D eigenvalue weighted by molar-refractivity contribution is 7.46. The van der Waals surface area contributed by atoms with Crippen molar-refractivity contribution in [2.75, 3.05) is 33.0 Å². The maximum absolute atomic E-state index is 10.4. The van der Waals surface area contributed by atoms with Gasteiger partial charge in [-0.2, -0.15) is 0 Å². The van der Waals surface area contributed by atoms with Gasteiger partial charge in [0.15, 0.2) is 0 Å². The molecule has 0 saturated heterocycles. The minimum absolute atomic E-state index is 0.113. The van der Waals surface area contributed by atoms with Crippen molar-refractivity contribution in [1.82, 2.24) is 0 Å². The molecule has 0 rings (SSSR count). The van der Waals surface area contributed by atoms with E-state index in [1.807, 2.05) is 0 Å². The van der Waals surface area contributed by atoms with Crippen LogP contribution >= 0.6 is 7.82 Å². The van der Waals surface area contributed by atoms with E-state index in [9.17, 15) is 4.57 Å². The highest BCUT2D eigenvalue weighted by Gasteiger charge is 2.12. The normalized spacial score (nSPS) is 13.7. The summed E-state index contributed by atoms with van der Waals surface area (Å²) in [6.45, 7) is 6.05. The maximum atomic E-state index is 10.4. The fraction of sp³-hybridized carbons (Fsp3) is 1.00. The highest BCUT2D eigenvalue weighted by atomic mass is 31.2. The molecule has 1 unspecified atom stereocenters. The van der Waals surface area contributed by atoms with E-state index >= 15 is 0 Å². The Hall–Kier alpha value is 0.0300. The minimum Gasteiger partial charge on any atom is -0.379 e. The van der Waals surface area contributed by atoms with Crippen molar-refractivity contribution in [3.63, 3.8) is 0 Å². The lowest BCUT2D eigenvalue weighted by molar-refractivity contribution is 0.0199. The van der Waals surface area contributed by atoms with Crippen molar-refractivity contribution in [3.05, 3.63) is 0 Å². The highest BCUT2D eigenvalue weighted by Crippen LogP contribution is 2.35. The van der Waals surface area contributed by atoms with Crippen LogP contribution in [0.4, 0.5) is 0 Å². The third-order valence-electron chi connectivity index (χ3n) is 2.76. The van der Waals surface area contributed by atoms with E-state index < -0.39 is 7.82 Å². The number of unbranched alkanes of at least 4 members (excludes halogenated alkanes) is 1. The molecule has 1 atom stereocenters.